The number of ether oxygens (including phenoxy) is 1. The molecular formula is C16H25ClN2O2. The monoisotopic (exact) mass is 312 g/mol. The topological polar surface area (TPSA) is 55.6 Å². The molecule has 0 saturated carbocycles. The molecule has 4 nitrogen and oxygen atoms in total. The molecule has 0 radical (unpaired) electrons. The van der Waals surface area contributed by atoms with Crippen LogP contribution in [0.25, 0.3) is 0 Å². The van der Waals surface area contributed by atoms with Crippen molar-refractivity contribution in [2.24, 2.45) is 5.73 Å². The maximum Gasteiger partial charge on any atom is 0.227 e. The van der Waals surface area contributed by atoms with Crippen molar-refractivity contribution in [2.75, 3.05) is 13.7 Å². The van der Waals surface area contributed by atoms with Gasteiger partial charge in [0.2, 0.25) is 5.91 Å². The fourth-order valence-corrected chi connectivity index (χ4v) is 2.83. The highest BCUT2D eigenvalue weighted by atomic mass is 35.5. The van der Waals surface area contributed by atoms with Crippen molar-refractivity contribution in [3.8, 4) is 5.75 Å². The molecule has 5 heteroatoms. The number of methoxy groups -OCH3 is 1. The molecule has 1 amide bonds. The molecule has 1 aromatic carbocycles. The highest BCUT2D eigenvalue weighted by molar-refractivity contribution is 5.85. The van der Waals surface area contributed by atoms with Gasteiger partial charge in [0.1, 0.15) is 5.75 Å². The minimum Gasteiger partial charge on any atom is -0.497 e. The lowest BCUT2D eigenvalue weighted by molar-refractivity contribution is -0.134. The number of benzene rings is 1. The van der Waals surface area contributed by atoms with E-state index in [1.165, 1.54) is 6.42 Å². The molecule has 0 aliphatic carbocycles. The summed E-state index contributed by atoms with van der Waals surface area (Å²) >= 11 is 0. The quantitative estimate of drug-likeness (QED) is 0.928. The lowest BCUT2D eigenvalue weighted by atomic mass is 9.96. The zero-order valence-electron chi connectivity index (χ0n) is 12.7. The number of carbonyl (C=O) groups excluding carboxylic acids is 1. The first kappa shape index (κ1) is 17.8. The first-order valence-electron chi connectivity index (χ1n) is 7.30. The summed E-state index contributed by atoms with van der Waals surface area (Å²) in [4.78, 5) is 14.4. The Morgan fingerprint density at radius 3 is 2.62 bits per heavy atom. The molecule has 118 valence electrons. The van der Waals surface area contributed by atoms with Crippen LogP contribution >= 0.6 is 12.4 Å². The molecule has 0 spiro atoms. The summed E-state index contributed by atoms with van der Waals surface area (Å²) in [6, 6.07) is 7.90. The van der Waals surface area contributed by atoms with Gasteiger partial charge in [-0.3, -0.25) is 4.79 Å². The third kappa shape index (κ3) is 4.61. The molecule has 1 aliphatic rings. The third-order valence-electron chi connectivity index (χ3n) is 3.99. The van der Waals surface area contributed by atoms with Crippen LogP contribution in [0.4, 0.5) is 0 Å². The second kappa shape index (κ2) is 8.25. The number of carbonyl (C=O) groups is 1. The van der Waals surface area contributed by atoms with Crippen molar-refractivity contribution in [1.29, 1.82) is 0 Å². The second-order valence-corrected chi connectivity index (χ2v) is 5.53. The fraction of sp³-hybridized carbons (Fsp3) is 0.562. The number of nitrogens with two attached hydrogens (primary N) is 1. The summed E-state index contributed by atoms with van der Waals surface area (Å²) in [7, 11) is 1.64. The summed E-state index contributed by atoms with van der Waals surface area (Å²) < 4.78 is 5.13. The van der Waals surface area contributed by atoms with Crippen LogP contribution in [0.2, 0.25) is 0 Å². The van der Waals surface area contributed by atoms with Crippen molar-refractivity contribution in [3.05, 3.63) is 29.8 Å². The van der Waals surface area contributed by atoms with Crippen molar-refractivity contribution in [3.63, 3.8) is 0 Å². The number of piperidine rings is 1. The number of likely N-dealkylation sites (tertiary alicyclic amines) is 1. The molecule has 0 bridgehead atoms. The van der Waals surface area contributed by atoms with Gasteiger partial charge < -0.3 is 15.4 Å². The fourth-order valence-electron chi connectivity index (χ4n) is 2.83. The summed E-state index contributed by atoms with van der Waals surface area (Å²) in [6.07, 6.45) is 3.70. The first-order valence-corrected chi connectivity index (χ1v) is 7.30. The van der Waals surface area contributed by atoms with E-state index in [9.17, 15) is 4.79 Å². The van der Waals surface area contributed by atoms with Gasteiger partial charge >= 0.3 is 0 Å². The molecule has 0 aromatic heterocycles. The predicted molar refractivity (Wildman–Crippen MR) is 86.9 cm³/mol. The van der Waals surface area contributed by atoms with Crippen molar-refractivity contribution < 1.29 is 9.53 Å². The largest absolute Gasteiger partial charge is 0.497 e. The Bertz CT molecular complexity index is 448. The van der Waals surface area contributed by atoms with Crippen LogP contribution in [0.5, 0.6) is 5.75 Å². The lowest BCUT2D eigenvalue weighted by Crippen LogP contribution is -2.52. The van der Waals surface area contributed by atoms with Crippen molar-refractivity contribution in [1.82, 2.24) is 4.90 Å². The van der Waals surface area contributed by atoms with Gasteiger partial charge in [0, 0.05) is 18.6 Å². The van der Waals surface area contributed by atoms with Crippen LogP contribution in [-0.2, 0) is 11.2 Å². The zero-order chi connectivity index (χ0) is 14.5. The van der Waals surface area contributed by atoms with E-state index in [0.717, 1.165) is 30.7 Å². The van der Waals surface area contributed by atoms with Crippen molar-refractivity contribution >= 4 is 18.3 Å². The zero-order valence-corrected chi connectivity index (χ0v) is 13.6. The van der Waals surface area contributed by atoms with E-state index in [1.807, 2.05) is 36.1 Å². The highest BCUT2D eigenvalue weighted by Gasteiger charge is 2.28. The Labute approximate surface area is 133 Å². The van der Waals surface area contributed by atoms with Crippen LogP contribution in [0.15, 0.2) is 24.3 Å². The van der Waals surface area contributed by atoms with Crippen LogP contribution in [0.1, 0.15) is 31.7 Å². The Morgan fingerprint density at radius 2 is 2.05 bits per heavy atom. The maximum absolute atomic E-state index is 12.5. The molecular weight excluding hydrogens is 288 g/mol. The van der Waals surface area contributed by atoms with E-state index < -0.39 is 0 Å². The molecule has 1 heterocycles. The Kier molecular flexibility index (Phi) is 6.99. The number of halogens is 1. The van der Waals surface area contributed by atoms with E-state index in [-0.39, 0.29) is 30.4 Å². The molecule has 1 saturated heterocycles. The van der Waals surface area contributed by atoms with Crippen LogP contribution in [-0.4, -0.2) is 36.5 Å². The number of hydrogen-bond donors (Lipinski definition) is 1. The minimum atomic E-state index is 0. The lowest BCUT2D eigenvalue weighted by Gasteiger charge is -2.38. The predicted octanol–water partition coefficient (Wildman–Crippen LogP) is 2.39. The molecule has 21 heavy (non-hydrogen) atoms. The molecule has 2 atom stereocenters. The van der Waals surface area contributed by atoms with E-state index in [1.54, 1.807) is 7.11 Å². The third-order valence-corrected chi connectivity index (χ3v) is 3.99. The molecule has 1 aliphatic heterocycles. The van der Waals surface area contributed by atoms with Gasteiger partial charge in [0.15, 0.2) is 0 Å². The van der Waals surface area contributed by atoms with Crippen molar-refractivity contribution in [2.45, 2.75) is 44.7 Å². The molecule has 2 rings (SSSR count). The van der Waals surface area contributed by atoms with Crippen LogP contribution in [0, 0.1) is 0 Å². The Morgan fingerprint density at radius 1 is 1.38 bits per heavy atom. The van der Waals surface area contributed by atoms with Gasteiger partial charge in [-0.1, -0.05) is 12.1 Å². The number of nitrogens with zero attached hydrogens (tertiary/aromatic N) is 1. The van der Waals surface area contributed by atoms with Crippen LogP contribution < -0.4 is 10.5 Å². The Hall–Kier alpha value is -1.26. The van der Waals surface area contributed by atoms with Gasteiger partial charge in [-0.05, 0) is 43.9 Å². The van der Waals surface area contributed by atoms with Gasteiger partial charge in [-0.2, -0.15) is 0 Å². The average molecular weight is 313 g/mol. The van der Waals surface area contributed by atoms with Gasteiger partial charge in [0.05, 0.1) is 13.5 Å². The van der Waals surface area contributed by atoms with E-state index in [4.69, 9.17) is 10.5 Å². The van der Waals surface area contributed by atoms with E-state index in [0.29, 0.717) is 6.42 Å². The molecule has 1 aromatic rings. The average Bonchev–Trinajstić information content (AvgIpc) is 2.48. The minimum absolute atomic E-state index is 0. The number of amides is 1. The summed E-state index contributed by atoms with van der Waals surface area (Å²) in [5, 5.41) is 0. The summed E-state index contributed by atoms with van der Waals surface area (Å²) in [5.41, 5.74) is 7.03. The number of hydrogen-bond acceptors (Lipinski definition) is 3. The highest BCUT2D eigenvalue weighted by Crippen LogP contribution is 2.20. The number of rotatable bonds is 4. The van der Waals surface area contributed by atoms with Gasteiger partial charge in [-0.25, -0.2) is 0 Å². The first-order chi connectivity index (χ1) is 9.61. The Balaban J connectivity index is 0.00000220. The summed E-state index contributed by atoms with van der Waals surface area (Å²) in [6.45, 7) is 2.82. The van der Waals surface area contributed by atoms with E-state index >= 15 is 0 Å². The second-order valence-electron chi connectivity index (χ2n) is 5.53. The van der Waals surface area contributed by atoms with Gasteiger partial charge in [-0.15, -0.1) is 12.4 Å². The molecule has 2 unspecified atom stereocenters. The molecule has 1 fully saturated rings. The van der Waals surface area contributed by atoms with Gasteiger partial charge in [0.25, 0.3) is 0 Å². The SMILES string of the molecule is COc1ccc(CC(=O)N2CCCCC2C(C)N)cc1.Cl. The molecule has 2 N–H and O–H groups in total. The normalized spacial score (nSPS) is 19.6. The van der Waals surface area contributed by atoms with E-state index in [2.05, 4.69) is 0 Å². The maximum atomic E-state index is 12.5. The summed E-state index contributed by atoms with van der Waals surface area (Å²) in [5.74, 6) is 0.991. The smallest absolute Gasteiger partial charge is 0.227 e. The standard InChI is InChI=1S/C16H24N2O2.ClH/c1-12(17)15-5-3-4-10-18(15)16(19)11-13-6-8-14(20-2)9-7-13;/h6-9,12,15H,3-5,10-11,17H2,1-2H3;1H. The van der Waals surface area contributed by atoms with Crippen LogP contribution in [0.3, 0.4) is 0 Å².